The van der Waals surface area contributed by atoms with Crippen LogP contribution >= 0.6 is 11.6 Å². The highest BCUT2D eigenvalue weighted by atomic mass is 35.5. The lowest BCUT2D eigenvalue weighted by molar-refractivity contribution is 0.739. The maximum Gasteiger partial charge on any atom is 0.0831 e. The van der Waals surface area contributed by atoms with Crippen molar-refractivity contribution in [3.05, 3.63) is 47.2 Å². The number of nitrogens with two attached hydrogens (primary N) is 1. The molecule has 3 nitrogen and oxygen atoms in total. The van der Waals surface area contributed by atoms with Crippen LogP contribution in [0.15, 0.2) is 36.7 Å². The molecule has 0 spiro atoms. The molecule has 2 aromatic rings. The maximum absolute atomic E-state index is 6.11. The van der Waals surface area contributed by atoms with Crippen molar-refractivity contribution in [3.8, 4) is 5.69 Å². The number of hydrogen-bond donors (Lipinski definition) is 1. The summed E-state index contributed by atoms with van der Waals surface area (Å²) in [4.78, 5) is 0. The van der Waals surface area contributed by atoms with Crippen molar-refractivity contribution in [1.82, 2.24) is 9.78 Å². The standard InChI is InChI=1S/C12H12ClN3/c13-10-3-1-2-4-11(10)16-8-9(7-15-16)12(14)5-6-12/h1-4,7-8H,5-6,14H2. The predicted molar refractivity (Wildman–Crippen MR) is 63.7 cm³/mol. The second-order valence-electron chi connectivity index (χ2n) is 4.28. The molecule has 0 saturated heterocycles. The molecule has 4 heteroatoms. The third kappa shape index (κ3) is 1.52. The average Bonchev–Trinajstić information content (AvgIpc) is 2.84. The van der Waals surface area contributed by atoms with Crippen LogP contribution in [0.25, 0.3) is 5.69 Å². The molecule has 16 heavy (non-hydrogen) atoms. The molecule has 1 aliphatic carbocycles. The van der Waals surface area contributed by atoms with Gasteiger partial charge in [0.2, 0.25) is 0 Å². The molecule has 0 amide bonds. The van der Waals surface area contributed by atoms with Crippen LogP contribution in [0.2, 0.25) is 5.02 Å². The number of hydrogen-bond acceptors (Lipinski definition) is 2. The Labute approximate surface area is 98.8 Å². The molecule has 1 heterocycles. The van der Waals surface area contributed by atoms with Crippen molar-refractivity contribution in [2.75, 3.05) is 0 Å². The van der Waals surface area contributed by atoms with Crippen molar-refractivity contribution < 1.29 is 0 Å². The van der Waals surface area contributed by atoms with Gasteiger partial charge in [0, 0.05) is 17.3 Å². The summed E-state index contributed by atoms with van der Waals surface area (Å²) in [7, 11) is 0. The van der Waals surface area contributed by atoms with E-state index in [0.29, 0.717) is 5.02 Å². The summed E-state index contributed by atoms with van der Waals surface area (Å²) < 4.78 is 1.78. The van der Waals surface area contributed by atoms with Crippen molar-refractivity contribution >= 4 is 11.6 Å². The van der Waals surface area contributed by atoms with Gasteiger partial charge in [0.15, 0.2) is 0 Å². The summed E-state index contributed by atoms with van der Waals surface area (Å²) in [6, 6.07) is 7.64. The van der Waals surface area contributed by atoms with Crippen LogP contribution in [0.3, 0.4) is 0 Å². The summed E-state index contributed by atoms with van der Waals surface area (Å²) in [6.07, 6.45) is 5.88. The molecule has 1 saturated carbocycles. The van der Waals surface area contributed by atoms with E-state index in [0.717, 1.165) is 24.1 Å². The Bertz CT molecular complexity index is 529. The van der Waals surface area contributed by atoms with Crippen LogP contribution in [-0.2, 0) is 5.54 Å². The molecular weight excluding hydrogens is 222 g/mol. The molecule has 0 unspecified atom stereocenters. The zero-order valence-electron chi connectivity index (χ0n) is 8.73. The largest absolute Gasteiger partial charge is 0.321 e. The molecule has 1 aromatic carbocycles. The Morgan fingerprint density at radius 1 is 1.31 bits per heavy atom. The van der Waals surface area contributed by atoms with Crippen LogP contribution in [0.5, 0.6) is 0 Å². The Morgan fingerprint density at radius 2 is 2.06 bits per heavy atom. The fourth-order valence-corrected chi connectivity index (χ4v) is 1.99. The SMILES string of the molecule is NC1(c2cnn(-c3ccccc3Cl)c2)CC1. The molecule has 82 valence electrons. The van der Waals surface area contributed by atoms with E-state index in [4.69, 9.17) is 17.3 Å². The van der Waals surface area contributed by atoms with Gasteiger partial charge >= 0.3 is 0 Å². The Morgan fingerprint density at radius 3 is 2.75 bits per heavy atom. The molecule has 1 aliphatic rings. The molecule has 3 rings (SSSR count). The zero-order chi connectivity index (χ0) is 11.2. The van der Waals surface area contributed by atoms with E-state index in [1.807, 2.05) is 36.7 Å². The minimum Gasteiger partial charge on any atom is -0.321 e. The van der Waals surface area contributed by atoms with E-state index in [2.05, 4.69) is 5.10 Å². The van der Waals surface area contributed by atoms with Gasteiger partial charge in [-0.05, 0) is 25.0 Å². The van der Waals surface area contributed by atoms with Crippen molar-refractivity contribution in [2.24, 2.45) is 5.73 Å². The maximum atomic E-state index is 6.11. The van der Waals surface area contributed by atoms with E-state index in [1.54, 1.807) is 4.68 Å². The van der Waals surface area contributed by atoms with Gasteiger partial charge < -0.3 is 5.73 Å². The first-order chi connectivity index (χ1) is 7.69. The molecule has 2 N–H and O–H groups in total. The highest BCUT2D eigenvalue weighted by Gasteiger charge is 2.41. The average molecular weight is 234 g/mol. The quantitative estimate of drug-likeness (QED) is 0.866. The number of benzene rings is 1. The Balaban J connectivity index is 2.02. The van der Waals surface area contributed by atoms with E-state index in [1.165, 1.54) is 0 Å². The van der Waals surface area contributed by atoms with Crippen molar-refractivity contribution in [1.29, 1.82) is 0 Å². The van der Waals surface area contributed by atoms with E-state index in [-0.39, 0.29) is 5.54 Å². The summed E-state index contributed by atoms with van der Waals surface area (Å²) in [6.45, 7) is 0. The number of nitrogens with zero attached hydrogens (tertiary/aromatic N) is 2. The fourth-order valence-electron chi connectivity index (χ4n) is 1.77. The van der Waals surface area contributed by atoms with Gasteiger partial charge in [-0.2, -0.15) is 5.10 Å². The van der Waals surface area contributed by atoms with Gasteiger partial charge in [0.1, 0.15) is 0 Å². The third-order valence-electron chi connectivity index (χ3n) is 3.05. The number of halogens is 1. The lowest BCUT2D eigenvalue weighted by Crippen LogP contribution is -2.17. The van der Waals surface area contributed by atoms with Gasteiger partial charge in [-0.15, -0.1) is 0 Å². The van der Waals surface area contributed by atoms with Crippen LogP contribution in [0.4, 0.5) is 0 Å². The molecular formula is C12H12ClN3. The third-order valence-corrected chi connectivity index (χ3v) is 3.37. The second kappa shape index (κ2) is 3.34. The molecule has 1 fully saturated rings. The first kappa shape index (κ1) is 9.87. The summed E-state index contributed by atoms with van der Waals surface area (Å²) >= 11 is 6.11. The highest BCUT2D eigenvalue weighted by Crippen LogP contribution is 2.42. The van der Waals surface area contributed by atoms with Gasteiger partial charge in [0.05, 0.1) is 16.9 Å². The molecule has 0 aliphatic heterocycles. The van der Waals surface area contributed by atoms with Gasteiger partial charge in [-0.1, -0.05) is 23.7 Å². The minimum absolute atomic E-state index is 0.139. The molecule has 1 aromatic heterocycles. The minimum atomic E-state index is -0.139. The molecule has 0 atom stereocenters. The summed E-state index contributed by atoms with van der Waals surface area (Å²) in [5.41, 5.74) is 7.95. The van der Waals surface area contributed by atoms with Crippen LogP contribution in [0, 0.1) is 0 Å². The fraction of sp³-hybridized carbons (Fsp3) is 0.250. The first-order valence-corrected chi connectivity index (χ1v) is 5.66. The highest BCUT2D eigenvalue weighted by molar-refractivity contribution is 6.32. The van der Waals surface area contributed by atoms with Crippen molar-refractivity contribution in [2.45, 2.75) is 18.4 Å². The Kier molecular flexibility index (Phi) is 2.06. The summed E-state index contributed by atoms with van der Waals surface area (Å²) in [5, 5.41) is 5.00. The predicted octanol–water partition coefficient (Wildman–Crippen LogP) is 2.47. The molecule has 0 bridgehead atoms. The lowest BCUT2D eigenvalue weighted by atomic mass is 10.1. The van der Waals surface area contributed by atoms with Gasteiger partial charge in [0.25, 0.3) is 0 Å². The topological polar surface area (TPSA) is 43.8 Å². The van der Waals surface area contributed by atoms with Gasteiger partial charge in [-0.3, -0.25) is 0 Å². The zero-order valence-corrected chi connectivity index (χ0v) is 9.48. The van der Waals surface area contributed by atoms with Gasteiger partial charge in [-0.25, -0.2) is 4.68 Å². The lowest BCUT2D eigenvalue weighted by Gasteiger charge is -2.04. The Hall–Kier alpha value is -1.32. The smallest absolute Gasteiger partial charge is 0.0831 e. The van der Waals surface area contributed by atoms with Crippen molar-refractivity contribution in [3.63, 3.8) is 0 Å². The van der Waals surface area contributed by atoms with E-state index in [9.17, 15) is 0 Å². The normalized spacial score (nSPS) is 17.4. The summed E-state index contributed by atoms with van der Waals surface area (Å²) in [5.74, 6) is 0. The number of aromatic nitrogens is 2. The second-order valence-corrected chi connectivity index (χ2v) is 4.69. The first-order valence-electron chi connectivity index (χ1n) is 5.28. The van der Waals surface area contributed by atoms with E-state index < -0.39 is 0 Å². The molecule has 0 radical (unpaired) electrons. The van der Waals surface area contributed by atoms with E-state index >= 15 is 0 Å². The monoisotopic (exact) mass is 233 g/mol. The van der Waals surface area contributed by atoms with Crippen LogP contribution in [-0.4, -0.2) is 9.78 Å². The number of para-hydroxylation sites is 1. The number of rotatable bonds is 2. The van der Waals surface area contributed by atoms with Crippen LogP contribution in [0.1, 0.15) is 18.4 Å². The van der Waals surface area contributed by atoms with Crippen LogP contribution < -0.4 is 5.73 Å².